The largest absolute Gasteiger partial charge is 0.493 e. The van der Waals surface area contributed by atoms with Crippen molar-refractivity contribution in [2.45, 2.75) is 13.5 Å². The van der Waals surface area contributed by atoms with E-state index in [0.29, 0.717) is 37.8 Å². The van der Waals surface area contributed by atoms with Crippen molar-refractivity contribution in [3.63, 3.8) is 0 Å². The van der Waals surface area contributed by atoms with Gasteiger partial charge in [-0.15, -0.1) is 0 Å². The van der Waals surface area contributed by atoms with Crippen LogP contribution in [0.4, 0.5) is 10.5 Å². The Labute approximate surface area is 215 Å². The average Bonchev–Trinajstić information content (AvgIpc) is 2.83. The first-order valence-electron chi connectivity index (χ1n) is 10.5. The van der Waals surface area contributed by atoms with Crippen molar-refractivity contribution in [3.8, 4) is 11.5 Å². The molecule has 1 fully saturated rings. The number of carbonyl (C=O) groups is 3. The number of para-hydroxylation sites is 1. The minimum atomic E-state index is -0.798. The van der Waals surface area contributed by atoms with Gasteiger partial charge in [0.25, 0.3) is 11.8 Å². The number of carbonyl (C=O) groups excluding carboxylic acids is 3. The normalized spacial score (nSPS) is 14.8. The number of nitrogens with one attached hydrogen (secondary N) is 1. The van der Waals surface area contributed by atoms with Gasteiger partial charge in [-0.1, -0.05) is 48.0 Å². The standard InChI is InChI=1S/C26H20BrClN2O5/c1-15-7-3-6-10-21(15)30-25(32)18(24(31)29-26(30)33)11-16-12-19(27)23(22(13-16)34-2)35-14-17-8-4-5-9-20(17)28/h3-13H,14H2,1-2H3,(H,29,31,33)/b18-11+. The van der Waals surface area contributed by atoms with E-state index in [1.165, 1.54) is 13.2 Å². The SMILES string of the molecule is COc1cc(/C=C2\C(=O)NC(=O)N(c3ccccc3C)C2=O)cc(Br)c1OCc1ccccc1Cl. The lowest BCUT2D eigenvalue weighted by Gasteiger charge is -2.27. The highest BCUT2D eigenvalue weighted by Gasteiger charge is 2.37. The molecule has 0 aliphatic carbocycles. The highest BCUT2D eigenvalue weighted by atomic mass is 79.9. The third-order valence-electron chi connectivity index (χ3n) is 5.35. The predicted molar refractivity (Wildman–Crippen MR) is 137 cm³/mol. The van der Waals surface area contributed by atoms with Crippen molar-refractivity contribution in [2.75, 3.05) is 12.0 Å². The van der Waals surface area contributed by atoms with E-state index in [0.717, 1.165) is 10.5 Å². The van der Waals surface area contributed by atoms with E-state index < -0.39 is 17.8 Å². The summed E-state index contributed by atoms with van der Waals surface area (Å²) < 4.78 is 12.0. The molecule has 0 atom stereocenters. The third-order valence-corrected chi connectivity index (χ3v) is 6.31. The van der Waals surface area contributed by atoms with Gasteiger partial charge >= 0.3 is 6.03 Å². The molecule has 4 rings (SSSR count). The number of ether oxygens (including phenoxy) is 2. The fourth-order valence-electron chi connectivity index (χ4n) is 3.59. The number of urea groups is 1. The molecule has 1 aliphatic heterocycles. The Hall–Kier alpha value is -3.62. The highest BCUT2D eigenvalue weighted by molar-refractivity contribution is 9.10. The lowest BCUT2D eigenvalue weighted by Crippen LogP contribution is -2.54. The van der Waals surface area contributed by atoms with Crippen molar-refractivity contribution >= 4 is 57.1 Å². The number of aryl methyl sites for hydroxylation is 1. The van der Waals surface area contributed by atoms with E-state index in [9.17, 15) is 14.4 Å². The highest BCUT2D eigenvalue weighted by Crippen LogP contribution is 2.38. The summed E-state index contributed by atoms with van der Waals surface area (Å²) in [4.78, 5) is 39.2. The van der Waals surface area contributed by atoms with Crippen LogP contribution in [0.1, 0.15) is 16.7 Å². The van der Waals surface area contributed by atoms with Gasteiger partial charge in [-0.3, -0.25) is 14.9 Å². The van der Waals surface area contributed by atoms with Crippen molar-refractivity contribution < 1.29 is 23.9 Å². The molecule has 0 bridgehead atoms. The smallest absolute Gasteiger partial charge is 0.335 e. The van der Waals surface area contributed by atoms with Gasteiger partial charge < -0.3 is 9.47 Å². The van der Waals surface area contributed by atoms with Crippen LogP contribution < -0.4 is 19.7 Å². The molecule has 0 spiro atoms. The molecule has 0 aromatic heterocycles. The Morgan fingerprint density at radius 1 is 1.06 bits per heavy atom. The maximum absolute atomic E-state index is 13.2. The number of anilines is 1. The zero-order valence-corrected chi connectivity index (χ0v) is 21.1. The third kappa shape index (κ3) is 5.08. The lowest BCUT2D eigenvalue weighted by atomic mass is 10.1. The molecule has 1 heterocycles. The molecule has 1 N–H and O–H groups in total. The van der Waals surface area contributed by atoms with Gasteiger partial charge in [0.1, 0.15) is 12.2 Å². The number of amides is 4. The summed E-state index contributed by atoms with van der Waals surface area (Å²) in [5, 5.41) is 2.81. The van der Waals surface area contributed by atoms with Crippen molar-refractivity contribution in [2.24, 2.45) is 0 Å². The topological polar surface area (TPSA) is 84.9 Å². The van der Waals surface area contributed by atoms with Crippen LogP contribution in [-0.4, -0.2) is 25.0 Å². The molecule has 1 saturated heterocycles. The quantitative estimate of drug-likeness (QED) is 0.313. The monoisotopic (exact) mass is 554 g/mol. The van der Waals surface area contributed by atoms with Crippen LogP contribution in [0, 0.1) is 6.92 Å². The average molecular weight is 556 g/mol. The summed E-state index contributed by atoms with van der Waals surface area (Å²) >= 11 is 9.69. The fraction of sp³-hybridized carbons (Fsp3) is 0.115. The number of rotatable bonds is 6. The van der Waals surface area contributed by atoms with Crippen LogP contribution in [0.2, 0.25) is 5.02 Å². The molecule has 1 aliphatic rings. The second-order valence-electron chi connectivity index (χ2n) is 7.66. The molecule has 3 aromatic rings. The van der Waals surface area contributed by atoms with Crippen LogP contribution in [0.15, 0.2) is 70.7 Å². The van der Waals surface area contributed by atoms with Crippen LogP contribution in [0.25, 0.3) is 6.08 Å². The fourth-order valence-corrected chi connectivity index (χ4v) is 4.35. The maximum Gasteiger partial charge on any atom is 0.335 e. The lowest BCUT2D eigenvalue weighted by molar-refractivity contribution is -0.122. The number of hydrogen-bond donors (Lipinski definition) is 1. The van der Waals surface area contributed by atoms with Crippen molar-refractivity contribution in [1.82, 2.24) is 5.32 Å². The molecule has 3 aromatic carbocycles. The number of barbiturate groups is 1. The Kier molecular flexibility index (Phi) is 7.23. The van der Waals surface area contributed by atoms with Crippen LogP contribution >= 0.6 is 27.5 Å². The number of methoxy groups -OCH3 is 1. The zero-order chi connectivity index (χ0) is 25.1. The summed E-state index contributed by atoms with van der Waals surface area (Å²) in [7, 11) is 1.48. The predicted octanol–water partition coefficient (Wildman–Crippen LogP) is 5.66. The van der Waals surface area contributed by atoms with E-state index >= 15 is 0 Å². The first kappa shape index (κ1) is 24.5. The van der Waals surface area contributed by atoms with Crippen LogP contribution in [0.5, 0.6) is 11.5 Å². The summed E-state index contributed by atoms with van der Waals surface area (Å²) in [5.41, 5.74) is 2.23. The molecule has 0 saturated carbocycles. The Bertz CT molecular complexity index is 1370. The van der Waals surface area contributed by atoms with E-state index in [-0.39, 0.29) is 12.2 Å². The summed E-state index contributed by atoms with van der Waals surface area (Å²) in [6.45, 7) is 1.99. The van der Waals surface area contributed by atoms with E-state index in [1.807, 2.05) is 18.2 Å². The number of imide groups is 2. The van der Waals surface area contributed by atoms with E-state index in [4.69, 9.17) is 21.1 Å². The minimum Gasteiger partial charge on any atom is -0.493 e. The molecular weight excluding hydrogens is 536 g/mol. The second kappa shape index (κ2) is 10.3. The molecule has 178 valence electrons. The Morgan fingerprint density at radius 2 is 1.77 bits per heavy atom. The van der Waals surface area contributed by atoms with Crippen LogP contribution in [-0.2, 0) is 16.2 Å². The molecule has 4 amide bonds. The zero-order valence-electron chi connectivity index (χ0n) is 18.8. The van der Waals surface area contributed by atoms with Gasteiger partial charge in [-0.05, 0) is 64.3 Å². The number of hydrogen-bond acceptors (Lipinski definition) is 5. The van der Waals surface area contributed by atoms with Gasteiger partial charge in [-0.2, -0.15) is 0 Å². The summed E-state index contributed by atoms with van der Waals surface area (Å²) in [6.07, 6.45) is 1.40. The van der Waals surface area contributed by atoms with Gasteiger partial charge in [0.05, 0.1) is 17.3 Å². The molecule has 35 heavy (non-hydrogen) atoms. The molecule has 7 nitrogen and oxygen atoms in total. The number of benzene rings is 3. The Morgan fingerprint density at radius 3 is 2.49 bits per heavy atom. The van der Waals surface area contributed by atoms with Crippen molar-refractivity contribution in [1.29, 1.82) is 0 Å². The number of halogens is 2. The van der Waals surface area contributed by atoms with Gasteiger partial charge in [0.15, 0.2) is 11.5 Å². The van der Waals surface area contributed by atoms with Gasteiger partial charge in [-0.25, -0.2) is 9.69 Å². The van der Waals surface area contributed by atoms with Gasteiger partial charge in [0.2, 0.25) is 0 Å². The molecular formula is C26H20BrClN2O5. The maximum atomic E-state index is 13.2. The first-order valence-corrected chi connectivity index (χ1v) is 11.7. The first-order chi connectivity index (χ1) is 16.8. The Balaban J connectivity index is 1.66. The van der Waals surface area contributed by atoms with Crippen LogP contribution in [0.3, 0.4) is 0 Å². The molecule has 0 unspecified atom stereocenters. The number of nitrogens with zero attached hydrogens (tertiary/aromatic N) is 1. The van der Waals surface area contributed by atoms with E-state index in [1.54, 1.807) is 49.4 Å². The summed E-state index contributed by atoms with van der Waals surface area (Å²) in [5.74, 6) is -0.680. The summed E-state index contributed by atoms with van der Waals surface area (Å²) in [6, 6.07) is 16.8. The molecule has 0 radical (unpaired) electrons. The molecule has 9 heteroatoms. The van der Waals surface area contributed by atoms with Crippen molar-refractivity contribution in [3.05, 3.63) is 92.4 Å². The van der Waals surface area contributed by atoms with Gasteiger partial charge in [0, 0.05) is 10.6 Å². The minimum absolute atomic E-state index is 0.188. The van der Waals surface area contributed by atoms with E-state index in [2.05, 4.69) is 21.2 Å². The second-order valence-corrected chi connectivity index (χ2v) is 8.92.